The van der Waals surface area contributed by atoms with E-state index in [-0.39, 0.29) is 10.7 Å². The highest BCUT2D eigenvalue weighted by atomic mass is 35.5. The van der Waals surface area contributed by atoms with Gasteiger partial charge in [0, 0.05) is 23.5 Å². The van der Waals surface area contributed by atoms with Crippen molar-refractivity contribution in [1.29, 1.82) is 0 Å². The van der Waals surface area contributed by atoms with Crippen LogP contribution in [-0.2, 0) is 16.7 Å². The Kier molecular flexibility index (Phi) is 2.28. The van der Waals surface area contributed by atoms with Gasteiger partial charge in [0.25, 0.3) is 0 Å². The lowest BCUT2D eigenvalue weighted by molar-refractivity contribution is 0.348. The van der Waals surface area contributed by atoms with E-state index < -0.39 is 29.2 Å². The van der Waals surface area contributed by atoms with Gasteiger partial charge in [0.2, 0.25) is 0 Å². The summed E-state index contributed by atoms with van der Waals surface area (Å²) in [5, 5.41) is 0.345. The highest BCUT2D eigenvalue weighted by Gasteiger charge is 2.26. The van der Waals surface area contributed by atoms with Gasteiger partial charge in [0.05, 0.1) is 0 Å². The number of fused-ring (bicyclic) bond motifs is 1. The number of nitrogens with zero attached hydrogens (tertiary/aromatic N) is 1. The van der Waals surface area contributed by atoms with Crippen LogP contribution in [0.25, 0.3) is 0 Å². The molecular weight excluding hydrogens is 262 g/mol. The van der Waals surface area contributed by atoms with Gasteiger partial charge in [0.15, 0.2) is 0 Å². The Balaban J connectivity index is 2.74. The predicted molar refractivity (Wildman–Crippen MR) is 66.7 cm³/mol. The van der Waals surface area contributed by atoms with E-state index in [0.717, 1.165) is 0 Å². The van der Waals surface area contributed by atoms with E-state index in [1.54, 1.807) is 0 Å². The van der Waals surface area contributed by atoms with Crippen molar-refractivity contribution >= 4 is 21.9 Å². The summed E-state index contributed by atoms with van der Waals surface area (Å²) < 4.78 is 64.0. The van der Waals surface area contributed by atoms with E-state index in [1.165, 1.54) is 25.1 Å². The summed E-state index contributed by atoms with van der Waals surface area (Å²) in [6, 6.07) is 4.56. The Morgan fingerprint density at radius 2 is 2.29 bits per heavy atom. The molecule has 0 spiro atoms. The van der Waals surface area contributed by atoms with Crippen molar-refractivity contribution in [3.05, 3.63) is 34.3 Å². The van der Waals surface area contributed by atoms with Crippen LogP contribution in [0.4, 0.5) is 0 Å². The standard InChI is InChI=1S/C11H14ClNO3S/c1-8-7-13(17(14,15)16)5-4-9-2-3-10(12)6-11(8)9/h2-3,6,8H,4-5,7H2,1H3,(H,14,15,16)/t8-/m0/s1/i5D2,7D2. The average Bonchev–Trinajstić information content (AvgIpc) is 2.31. The maximum absolute atomic E-state index is 11.5. The second-order valence-electron chi connectivity index (χ2n) is 3.77. The summed E-state index contributed by atoms with van der Waals surface area (Å²) in [6.07, 6.45) is -0.386. The van der Waals surface area contributed by atoms with Gasteiger partial charge in [-0.05, 0) is 35.6 Å². The molecule has 1 aromatic carbocycles. The fourth-order valence-corrected chi connectivity index (χ4v) is 2.43. The van der Waals surface area contributed by atoms with Crippen LogP contribution in [0.5, 0.6) is 0 Å². The molecule has 0 bridgehead atoms. The smallest absolute Gasteiger partial charge is 0.273 e. The summed E-state index contributed by atoms with van der Waals surface area (Å²) in [5.41, 5.74) is 0.870. The number of hydrogen-bond donors (Lipinski definition) is 1. The van der Waals surface area contributed by atoms with Crippen LogP contribution < -0.4 is 0 Å². The zero-order chi connectivity index (χ0) is 16.2. The van der Waals surface area contributed by atoms with Crippen LogP contribution in [0.2, 0.25) is 5.02 Å². The fraction of sp³-hybridized carbons (Fsp3) is 0.455. The molecule has 1 N–H and O–H groups in total. The third-order valence-electron chi connectivity index (χ3n) is 2.53. The molecule has 1 atom stereocenters. The van der Waals surface area contributed by atoms with Crippen molar-refractivity contribution in [1.82, 2.24) is 4.31 Å². The predicted octanol–water partition coefficient (Wildman–Crippen LogP) is 2.10. The minimum absolute atomic E-state index is 0.106. The Hall–Kier alpha value is -0.620. The lowest BCUT2D eigenvalue weighted by Crippen LogP contribution is -2.33. The van der Waals surface area contributed by atoms with Crippen LogP contribution in [0.15, 0.2) is 18.2 Å². The van der Waals surface area contributed by atoms with E-state index in [2.05, 4.69) is 0 Å². The van der Waals surface area contributed by atoms with Crippen LogP contribution in [-0.4, -0.2) is 30.3 Å². The number of hydrogen-bond acceptors (Lipinski definition) is 2. The average molecular weight is 280 g/mol. The molecule has 1 aliphatic rings. The molecule has 0 unspecified atom stereocenters. The number of rotatable bonds is 1. The fourth-order valence-electron chi connectivity index (χ4n) is 1.73. The minimum atomic E-state index is -5.07. The van der Waals surface area contributed by atoms with E-state index in [4.69, 9.17) is 17.1 Å². The van der Waals surface area contributed by atoms with Gasteiger partial charge >= 0.3 is 10.3 Å². The van der Waals surface area contributed by atoms with Gasteiger partial charge < -0.3 is 0 Å². The van der Waals surface area contributed by atoms with Crippen molar-refractivity contribution in [2.24, 2.45) is 0 Å². The largest absolute Gasteiger partial charge is 0.335 e. The van der Waals surface area contributed by atoms with Gasteiger partial charge in [0.1, 0.15) is 0 Å². The first-order valence-corrected chi connectivity index (χ1v) is 6.71. The molecule has 0 amide bonds. The SMILES string of the molecule is [2H]C1([2H])Cc2ccc(Cl)cc2[C@@H](C)C([2H])([2H])N1S(=O)(=O)O. The lowest BCUT2D eigenvalue weighted by Gasteiger charge is -2.18. The molecule has 0 aromatic heterocycles. The van der Waals surface area contributed by atoms with Crippen LogP contribution in [0, 0.1) is 0 Å². The van der Waals surface area contributed by atoms with Crippen molar-refractivity contribution in [2.45, 2.75) is 19.3 Å². The molecule has 1 aromatic rings. The first kappa shape index (κ1) is 8.48. The summed E-state index contributed by atoms with van der Waals surface area (Å²) in [6.45, 7) is -3.83. The summed E-state index contributed by atoms with van der Waals surface area (Å²) in [5.74, 6) is -1.01. The molecule has 6 heteroatoms. The quantitative estimate of drug-likeness (QED) is 0.801. The van der Waals surface area contributed by atoms with Gasteiger partial charge in [-0.25, -0.2) is 0 Å². The Morgan fingerprint density at radius 1 is 1.59 bits per heavy atom. The van der Waals surface area contributed by atoms with Crippen molar-refractivity contribution in [3.63, 3.8) is 0 Å². The highest BCUT2D eigenvalue weighted by Crippen LogP contribution is 2.28. The molecule has 0 radical (unpaired) electrons. The molecule has 4 nitrogen and oxygen atoms in total. The van der Waals surface area contributed by atoms with Crippen molar-refractivity contribution in [3.8, 4) is 0 Å². The second kappa shape index (κ2) is 4.57. The molecule has 0 saturated heterocycles. The molecule has 94 valence electrons. The maximum atomic E-state index is 11.5. The molecule has 2 rings (SSSR count). The topological polar surface area (TPSA) is 57.6 Å². The number of benzene rings is 1. The number of aryl methyl sites for hydroxylation is 1. The van der Waals surface area contributed by atoms with Crippen LogP contribution in [0.1, 0.15) is 29.5 Å². The highest BCUT2D eigenvalue weighted by molar-refractivity contribution is 7.83. The minimum Gasteiger partial charge on any atom is -0.273 e. The molecule has 0 aliphatic carbocycles. The zero-order valence-corrected chi connectivity index (χ0v) is 10.6. The van der Waals surface area contributed by atoms with E-state index in [9.17, 15) is 13.0 Å². The van der Waals surface area contributed by atoms with Gasteiger partial charge in [-0.3, -0.25) is 4.55 Å². The van der Waals surface area contributed by atoms with Crippen molar-refractivity contribution in [2.75, 3.05) is 13.0 Å². The summed E-state index contributed by atoms with van der Waals surface area (Å²) >= 11 is 5.89. The number of halogens is 1. The normalized spacial score (nSPS) is 31.4. The van der Waals surface area contributed by atoms with Gasteiger partial charge in [-0.15, -0.1) is 0 Å². The molecule has 1 aliphatic heterocycles. The molecular formula is C11H14ClNO3S. The molecule has 1 heterocycles. The second-order valence-corrected chi connectivity index (χ2v) is 5.47. The third kappa shape index (κ3) is 2.80. The van der Waals surface area contributed by atoms with Gasteiger partial charge in [-0.1, -0.05) is 24.6 Å². The van der Waals surface area contributed by atoms with Crippen molar-refractivity contribution < 1.29 is 18.5 Å². The third-order valence-corrected chi connectivity index (χ3v) is 3.46. The Morgan fingerprint density at radius 3 is 2.94 bits per heavy atom. The molecule has 0 fully saturated rings. The first-order chi connectivity index (χ1) is 9.37. The Bertz CT molecular complexity index is 680. The summed E-state index contributed by atoms with van der Waals surface area (Å²) in [7, 11) is -5.07. The van der Waals surface area contributed by atoms with Crippen LogP contribution >= 0.6 is 11.6 Å². The van der Waals surface area contributed by atoms with E-state index in [0.29, 0.717) is 16.1 Å². The zero-order valence-electron chi connectivity index (χ0n) is 13.0. The Labute approximate surface area is 112 Å². The van der Waals surface area contributed by atoms with E-state index >= 15 is 0 Å². The molecule has 17 heavy (non-hydrogen) atoms. The lowest BCUT2D eigenvalue weighted by atomic mass is 9.96. The summed E-state index contributed by atoms with van der Waals surface area (Å²) in [4.78, 5) is 0. The van der Waals surface area contributed by atoms with Gasteiger partial charge in [-0.2, -0.15) is 12.7 Å². The molecule has 0 saturated carbocycles. The first-order valence-electron chi connectivity index (χ1n) is 6.93. The van der Waals surface area contributed by atoms with E-state index in [1.807, 2.05) is 0 Å². The maximum Gasteiger partial charge on any atom is 0.335 e. The monoisotopic (exact) mass is 279 g/mol. The van der Waals surface area contributed by atoms with Crippen LogP contribution in [0.3, 0.4) is 0 Å².